The van der Waals surface area contributed by atoms with Crippen LogP contribution in [0, 0.1) is 0 Å². The average molecular weight is 130 g/mol. The SMILES string of the molecule is CC(=O)[C@@H](N)C(C)(C)N. The lowest BCUT2D eigenvalue weighted by Crippen LogP contribution is -2.54. The van der Waals surface area contributed by atoms with Crippen LogP contribution in [-0.2, 0) is 4.79 Å². The highest BCUT2D eigenvalue weighted by atomic mass is 16.1. The van der Waals surface area contributed by atoms with Gasteiger partial charge in [-0.05, 0) is 20.8 Å². The van der Waals surface area contributed by atoms with E-state index in [1.54, 1.807) is 13.8 Å². The van der Waals surface area contributed by atoms with E-state index in [1.807, 2.05) is 0 Å². The minimum Gasteiger partial charge on any atom is -0.324 e. The highest BCUT2D eigenvalue weighted by molar-refractivity contribution is 5.82. The number of nitrogens with two attached hydrogens (primary N) is 2. The van der Waals surface area contributed by atoms with Gasteiger partial charge in [0.2, 0.25) is 0 Å². The van der Waals surface area contributed by atoms with Crippen molar-refractivity contribution in [1.29, 1.82) is 0 Å². The number of hydrogen-bond donors (Lipinski definition) is 2. The summed E-state index contributed by atoms with van der Waals surface area (Å²) in [5, 5.41) is 0. The topological polar surface area (TPSA) is 69.1 Å². The third-order valence-electron chi connectivity index (χ3n) is 1.24. The normalized spacial score (nSPS) is 15.2. The van der Waals surface area contributed by atoms with Gasteiger partial charge in [0.15, 0.2) is 0 Å². The molecule has 0 aromatic heterocycles. The molecule has 0 aliphatic heterocycles. The molecule has 0 aliphatic carbocycles. The van der Waals surface area contributed by atoms with Crippen molar-refractivity contribution in [2.45, 2.75) is 32.4 Å². The summed E-state index contributed by atoms with van der Waals surface area (Å²) in [5.41, 5.74) is 10.4. The Morgan fingerprint density at radius 3 is 1.89 bits per heavy atom. The molecule has 0 heterocycles. The maximum absolute atomic E-state index is 10.6. The summed E-state index contributed by atoms with van der Waals surface area (Å²) in [6, 6.07) is -0.544. The largest absolute Gasteiger partial charge is 0.324 e. The van der Waals surface area contributed by atoms with Gasteiger partial charge in [0.25, 0.3) is 0 Å². The fourth-order valence-electron chi connectivity index (χ4n) is 0.524. The second-order valence-electron chi connectivity index (χ2n) is 2.91. The Bertz CT molecular complexity index is 115. The minimum atomic E-state index is -0.591. The van der Waals surface area contributed by atoms with Crippen LogP contribution in [0.1, 0.15) is 20.8 Å². The Hall–Kier alpha value is -0.410. The number of carbonyl (C=O) groups is 1. The summed E-state index contributed by atoms with van der Waals surface area (Å²) in [4.78, 5) is 10.6. The summed E-state index contributed by atoms with van der Waals surface area (Å²) < 4.78 is 0. The third-order valence-corrected chi connectivity index (χ3v) is 1.24. The summed E-state index contributed by atoms with van der Waals surface area (Å²) in [6.07, 6.45) is 0. The molecule has 0 aromatic carbocycles. The molecule has 0 rings (SSSR count). The van der Waals surface area contributed by atoms with E-state index in [2.05, 4.69) is 0 Å². The van der Waals surface area contributed by atoms with Gasteiger partial charge >= 0.3 is 0 Å². The van der Waals surface area contributed by atoms with Gasteiger partial charge in [-0.1, -0.05) is 0 Å². The van der Waals surface area contributed by atoms with Crippen LogP contribution < -0.4 is 11.5 Å². The molecule has 0 amide bonds. The smallest absolute Gasteiger partial charge is 0.148 e. The van der Waals surface area contributed by atoms with E-state index in [1.165, 1.54) is 6.92 Å². The molecule has 0 saturated heterocycles. The second kappa shape index (κ2) is 2.45. The van der Waals surface area contributed by atoms with E-state index < -0.39 is 11.6 Å². The van der Waals surface area contributed by atoms with Crippen molar-refractivity contribution in [1.82, 2.24) is 0 Å². The Morgan fingerprint density at radius 1 is 1.56 bits per heavy atom. The quantitative estimate of drug-likeness (QED) is 0.536. The highest BCUT2D eigenvalue weighted by Crippen LogP contribution is 2.01. The molecule has 0 spiro atoms. The molecule has 4 N–H and O–H groups in total. The van der Waals surface area contributed by atoms with Crippen LogP contribution >= 0.6 is 0 Å². The van der Waals surface area contributed by atoms with Gasteiger partial charge in [-0.25, -0.2) is 0 Å². The number of rotatable bonds is 2. The van der Waals surface area contributed by atoms with Crippen molar-refractivity contribution in [3.63, 3.8) is 0 Å². The monoisotopic (exact) mass is 130 g/mol. The van der Waals surface area contributed by atoms with Crippen molar-refractivity contribution in [3.8, 4) is 0 Å². The fourth-order valence-corrected chi connectivity index (χ4v) is 0.524. The lowest BCUT2D eigenvalue weighted by Gasteiger charge is -2.24. The molecule has 54 valence electrons. The maximum atomic E-state index is 10.6. The second-order valence-corrected chi connectivity index (χ2v) is 2.91. The molecule has 0 aliphatic rings. The minimum absolute atomic E-state index is 0.0671. The predicted molar refractivity (Wildman–Crippen MR) is 36.9 cm³/mol. The van der Waals surface area contributed by atoms with Crippen LogP contribution in [-0.4, -0.2) is 17.4 Å². The Labute approximate surface area is 55.4 Å². The van der Waals surface area contributed by atoms with Crippen molar-refractivity contribution in [2.24, 2.45) is 11.5 Å². The summed E-state index contributed by atoms with van der Waals surface area (Å²) in [5.74, 6) is -0.0671. The van der Waals surface area contributed by atoms with Crippen LogP contribution in [0.25, 0.3) is 0 Å². The van der Waals surface area contributed by atoms with Crippen molar-refractivity contribution in [3.05, 3.63) is 0 Å². The fraction of sp³-hybridized carbons (Fsp3) is 0.833. The van der Waals surface area contributed by atoms with Crippen LogP contribution in [0.4, 0.5) is 0 Å². The van der Waals surface area contributed by atoms with Crippen molar-refractivity contribution < 1.29 is 4.79 Å². The highest BCUT2D eigenvalue weighted by Gasteiger charge is 2.24. The number of hydrogen-bond acceptors (Lipinski definition) is 3. The molecule has 0 bridgehead atoms. The van der Waals surface area contributed by atoms with Gasteiger partial charge in [0, 0.05) is 5.54 Å². The zero-order valence-corrected chi connectivity index (χ0v) is 6.14. The molecule has 0 unspecified atom stereocenters. The van der Waals surface area contributed by atoms with Crippen LogP contribution in [0.3, 0.4) is 0 Å². The van der Waals surface area contributed by atoms with Crippen LogP contribution in [0.2, 0.25) is 0 Å². The van der Waals surface area contributed by atoms with E-state index in [0.29, 0.717) is 0 Å². The van der Waals surface area contributed by atoms with Gasteiger partial charge < -0.3 is 11.5 Å². The molecular weight excluding hydrogens is 116 g/mol. The molecule has 0 aromatic rings. The standard InChI is InChI=1S/C6H14N2O/c1-4(9)5(7)6(2,3)8/h5H,7-8H2,1-3H3/t5-/m1/s1. The first kappa shape index (κ1) is 8.59. The molecular formula is C6H14N2O. The first-order valence-electron chi connectivity index (χ1n) is 2.90. The molecule has 0 radical (unpaired) electrons. The number of ketones is 1. The maximum Gasteiger partial charge on any atom is 0.148 e. The van der Waals surface area contributed by atoms with Gasteiger partial charge in [-0.15, -0.1) is 0 Å². The van der Waals surface area contributed by atoms with Crippen molar-refractivity contribution in [2.75, 3.05) is 0 Å². The molecule has 3 nitrogen and oxygen atoms in total. The Kier molecular flexibility index (Phi) is 2.34. The van der Waals surface area contributed by atoms with Crippen LogP contribution in [0.5, 0.6) is 0 Å². The summed E-state index contributed by atoms with van der Waals surface area (Å²) in [6.45, 7) is 4.91. The zero-order chi connectivity index (χ0) is 7.65. The molecule has 0 saturated carbocycles. The van der Waals surface area contributed by atoms with Gasteiger partial charge in [-0.2, -0.15) is 0 Å². The van der Waals surface area contributed by atoms with Gasteiger partial charge in [-0.3, -0.25) is 4.79 Å². The first-order valence-corrected chi connectivity index (χ1v) is 2.90. The van der Waals surface area contributed by atoms with Crippen molar-refractivity contribution >= 4 is 5.78 Å². The summed E-state index contributed by atoms with van der Waals surface area (Å²) in [7, 11) is 0. The third kappa shape index (κ3) is 2.58. The Morgan fingerprint density at radius 2 is 1.89 bits per heavy atom. The van der Waals surface area contributed by atoms with Gasteiger partial charge in [0.05, 0.1) is 6.04 Å². The van der Waals surface area contributed by atoms with E-state index in [0.717, 1.165) is 0 Å². The lowest BCUT2D eigenvalue weighted by molar-refractivity contribution is -0.119. The van der Waals surface area contributed by atoms with E-state index in [-0.39, 0.29) is 5.78 Å². The van der Waals surface area contributed by atoms with Gasteiger partial charge in [0.1, 0.15) is 5.78 Å². The van der Waals surface area contributed by atoms with E-state index >= 15 is 0 Å². The first-order chi connectivity index (χ1) is 3.85. The van der Waals surface area contributed by atoms with Crippen LogP contribution in [0.15, 0.2) is 0 Å². The molecule has 3 heteroatoms. The molecule has 1 atom stereocenters. The molecule has 0 fully saturated rings. The average Bonchev–Trinajstić information content (AvgIpc) is 1.62. The Balaban J connectivity index is 4.04. The number of carbonyl (C=O) groups excluding carboxylic acids is 1. The summed E-state index contributed by atoms with van der Waals surface area (Å²) >= 11 is 0. The lowest BCUT2D eigenvalue weighted by atomic mass is 9.94. The zero-order valence-electron chi connectivity index (χ0n) is 6.14. The number of Topliss-reactive ketones (excluding diaryl/α,β-unsaturated/α-hetero) is 1. The predicted octanol–water partition coefficient (Wildman–Crippen LogP) is -0.360. The molecule has 9 heavy (non-hydrogen) atoms. The van der Waals surface area contributed by atoms with E-state index in [4.69, 9.17) is 11.5 Å². The van der Waals surface area contributed by atoms with E-state index in [9.17, 15) is 4.79 Å².